The van der Waals surface area contributed by atoms with Crippen molar-refractivity contribution in [2.24, 2.45) is 0 Å². The molecule has 2 aromatic rings. The second kappa shape index (κ2) is 7.76. The number of morpholine rings is 1. The lowest BCUT2D eigenvalue weighted by molar-refractivity contribution is -0.139. The smallest absolute Gasteiger partial charge is 0.239 e. The number of rotatable bonds is 5. The van der Waals surface area contributed by atoms with Crippen LogP contribution in [0.25, 0.3) is 0 Å². The molecule has 25 heavy (non-hydrogen) atoms. The molecule has 3 rings (SSSR count). The van der Waals surface area contributed by atoms with Crippen LogP contribution < -0.4 is 0 Å². The van der Waals surface area contributed by atoms with E-state index in [-0.39, 0.29) is 18.1 Å². The second-order valence-electron chi connectivity index (χ2n) is 6.49. The normalized spacial score (nSPS) is 19.6. The maximum Gasteiger partial charge on any atom is 0.239 e. The van der Waals surface area contributed by atoms with E-state index in [0.717, 1.165) is 17.9 Å². The van der Waals surface area contributed by atoms with E-state index in [1.165, 1.54) is 0 Å². The fourth-order valence-electron chi connectivity index (χ4n) is 3.09. The molecule has 0 aliphatic carbocycles. The third kappa shape index (κ3) is 4.24. The summed E-state index contributed by atoms with van der Waals surface area (Å²) in [7, 11) is 1.85. The number of nitrogens with zero attached hydrogens (tertiary/aromatic N) is 4. The van der Waals surface area contributed by atoms with Crippen LogP contribution in [0, 0.1) is 6.92 Å². The van der Waals surface area contributed by atoms with Gasteiger partial charge in [0.2, 0.25) is 5.91 Å². The van der Waals surface area contributed by atoms with Gasteiger partial charge in [0.25, 0.3) is 0 Å². The summed E-state index contributed by atoms with van der Waals surface area (Å²) in [5.74, 6) is 1.53. The summed E-state index contributed by atoms with van der Waals surface area (Å²) in [6, 6.07) is 9.81. The van der Waals surface area contributed by atoms with E-state index in [0.29, 0.717) is 25.5 Å². The molecule has 1 aliphatic rings. The summed E-state index contributed by atoms with van der Waals surface area (Å²) in [4.78, 5) is 21.1. The van der Waals surface area contributed by atoms with Crippen LogP contribution in [0.15, 0.2) is 30.3 Å². The van der Waals surface area contributed by atoms with E-state index in [9.17, 15) is 4.79 Å². The number of carbonyl (C=O) groups excluding carboxylic acids is 1. The predicted molar refractivity (Wildman–Crippen MR) is 93.8 cm³/mol. The van der Waals surface area contributed by atoms with Gasteiger partial charge in [0.05, 0.1) is 12.6 Å². The first-order chi connectivity index (χ1) is 12.0. The topological polar surface area (TPSA) is 74.3 Å². The number of hydrogen-bond acceptors (Lipinski definition) is 5. The van der Waals surface area contributed by atoms with Gasteiger partial charge in [-0.1, -0.05) is 30.3 Å². The summed E-state index contributed by atoms with van der Waals surface area (Å²) >= 11 is 0. The van der Waals surface area contributed by atoms with E-state index >= 15 is 0 Å². The molecule has 0 saturated carbocycles. The molecule has 134 valence electrons. The number of amides is 1. The van der Waals surface area contributed by atoms with E-state index in [4.69, 9.17) is 4.74 Å². The number of nitrogens with one attached hydrogen (secondary N) is 1. The van der Waals surface area contributed by atoms with Gasteiger partial charge in [0.1, 0.15) is 11.9 Å². The number of carbonyl (C=O) groups is 1. The van der Waals surface area contributed by atoms with Gasteiger partial charge in [-0.15, -0.1) is 0 Å². The van der Waals surface area contributed by atoms with Crippen molar-refractivity contribution in [2.45, 2.75) is 32.5 Å². The van der Waals surface area contributed by atoms with Crippen molar-refractivity contribution in [3.8, 4) is 0 Å². The molecule has 0 radical (unpaired) electrons. The first-order valence-electron chi connectivity index (χ1n) is 8.58. The van der Waals surface area contributed by atoms with E-state index in [1.54, 1.807) is 4.90 Å². The van der Waals surface area contributed by atoms with Crippen LogP contribution in [0.1, 0.15) is 30.2 Å². The van der Waals surface area contributed by atoms with Crippen LogP contribution >= 0.6 is 0 Å². The zero-order valence-electron chi connectivity index (χ0n) is 15.0. The molecule has 0 bridgehead atoms. The fourth-order valence-corrected chi connectivity index (χ4v) is 3.09. The minimum absolute atomic E-state index is 0.107. The standard InChI is InChI=1S/C18H25N5O2/c1-13(18(24)22(3)11-15-7-5-4-6-8-15)23-9-10-25-16(12-23)17-19-14(2)20-21-17/h4-8,13,16H,9-12H2,1-3H3,(H,19,20,21)/t13-,16+/m0/s1. The highest BCUT2D eigenvalue weighted by molar-refractivity contribution is 5.81. The molecule has 2 atom stereocenters. The Morgan fingerprint density at radius 3 is 2.88 bits per heavy atom. The van der Waals surface area contributed by atoms with Gasteiger partial charge in [-0.2, -0.15) is 5.10 Å². The minimum atomic E-state index is -0.208. The molecular formula is C18H25N5O2. The van der Waals surface area contributed by atoms with Crippen LogP contribution in [0.3, 0.4) is 0 Å². The second-order valence-corrected chi connectivity index (χ2v) is 6.49. The van der Waals surface area contributed by atoms with Gasteiger partial charge in [-0.25, -0.2) is 4.98 Å². The van der Waals surface area contributed by atoms with Crippen molar-refractivity contribution < 1.29 is 9.53 Å². The number of benzene rings is 1. The Morgan fingerprint density at radius 2 is 2.20 bits per heavy atom. The summed E-state index contributed by atoms with van der Waals surface area (Å²) < 4.78 is 5.78. The SMILES string of the molecule is Cc1nc([C@H]2CN([C@@H](C)C(=O)N(C)Cc3ccccc3)CCO2)n[nH]1. The maximum absolute atomic E-state index is 12.8. The number of aryl methyl sites for hydroxylation is 1. The molecule has 2 heterocycles. The Balaban J connectivity index is 1.61. The number of H-pyrrole nitrogens is 1. The lowest BCUT2D eigenvalue weighted by Gasteiger charge is -2.36. The van der Waals surface area contributed by atoms with E-state index in [2.05, 4.69) is 20.1 Å². The van der Waals surface area contributed by atoms with Gasteiger partial charge >= 0.3 is 0 Å². The van der Waals surface area contributed by atoms with Crippen molar-refractivity contribution in [1.29, 1.82) is 0 Å². The minimum Gasteiger partial charge on any atom is -0.367 e. The molecule has 1 fully saturated rings. The molecule has 1 aromatic carbocycles. The highest BCUT2D eigenvalue weighted by Crippen LogP contribution is 2.21. The Morgan fingerprint density at radius 1 is 1.44 bits per heavy atom. The highest BCUT2D eigenvalue weighted by atomic mass is 16.5. The first kappa shape index (κ1) is 17.6. The molecule has 1 saturated heterocycles. The Kier molecular flexibility index (Phi) is 5.45. The van der Waals surface area contributed by atoms with Crippen LogP contribution in [-0.4, -0.2) is 63.7 Å². The van der Waals surface area contributed by atoms with Crippen molar-refractivity contribution >= 4 is 5.91 Å². The molecule has 0 spiro atoms. The van der Waals surface area contributed by atoms with Crippen LogP contribution in [0.4, 0.5) is 0 Å². The van der Waals surface area contributed by atoms with Crippen molar-refractivity contribution in [1.82, 2.24) is 25.0 Å². The number of hydrogen-bond donors (Lipinski definition) is 1. The van der Waals surface area contributed by atoms with Crippen molar-refractivity contribution in [3.63, 3.8) is 0 Å². The molecule has 0 unspecified atom stereocenters. The van der Waals surface area contributed by atoms with Gasteiger partial charge in [-0.3, -0.25) is 14.8 Å². The Bertz CT molecular complexity index is 703. The average Bonchev–Trinajstić information content (AvgIpc) is 3.08. The lowest BCUT2D eigenvalue weighted by atomic mass is 10.1. The van der Waals surface area contributed by atoms with Crippen LogP contribution in [0.5, 0.6) is 0 Å². The number of likely N-dealkylation sites (N-methyl/N-ethyl adjacent to an activating group) is 1. The third-order valence-electron chi connectivity index (χ3n) is 4.54. The van der Waals surface area contributed by atoms with Gasteiger partial charge < -0.3 is 9.64 Å². The average molecular weight is 343 g/mol. The van der Waals surface area contributed by atoms with Gasteiger partial charge in [0.15, 0.2) is 5.82 Å². The molecule has 1 aliphatic heterocycles. The maximum atomic E-state index is 12.8. The Labute approximate surface area is 148 Å². The lowest BCUT2D eigenvalue weighted by Crippen LogP contribution is -2.50. The summed E-state index contributed by atoms with van der Waals surface area (Å²) in [6.07, 6.45) is -0.201. The summed E-state index contributed by atoms with van der Waals surface area (Å²) in [5.41, 5.74) is 1.13. The molecule has 1 aromatic heterocycles. The number of aromatic nitrogens is 3. The molecule has 1 N–H and O–H groups in total. The fraction of sp³-hybridized carbons (Fsp3) is 0.500. The van der Waals surface area contributed by atoms with E-state index < -0.39 is 0 Å². The summed E-state index contributed by atoms with van der Waals surface area (Å²) in [5, 5.41) is 7.03. The Hall–Kier alpha value is -2.25. The van der Waals surface area contributed by atoms with Crippen LogP contribution in [-0.2, 0) is 16.1 Å². The molecule has 1 amide bonds. The van der Waals surface area contributed by atoms with Crippen LogP contribution in [0.2, 0.25) is 0 Å². The molecular weight excluding hydrogens is 318 g/mol. The predicted octanol–water partition coefficient (Wildman–Crippen LogP) is 1.53. The van der Waals surface area contributed by atoms with E-state index in [1.807, 2.05) is 51.2 Å². The molecule has 7 nitrogen and oxygen atoms in total. The highest BCUT2D eigenvalue weighted by Gasteiger charge is 2.31. The largest absolute Gasteiger partial charge is 0.367 e. The monoisotopic (exact) mass is 343 g/mol. The number of ether oxygens (including phenoxy) is 1. The third-order valence-corrected chi connectivity index (χ3v) is 4.54. The van der Waals surface area contributed by atoms with Crippen molar-refractivity contribution in [2.75, 3.05) is 26.7 Å². The molecule has 7 heteroatoms. The van der Waals surface area contributed by atoms with Gasteiger partial charge in [-0.05, 0) is 19.4 Å². The first-order valence-corrected chi connectivity index (χ1v) is 8.58. The number of aromatic amines is 1. The zero-order valence-corrected chi connectivity index (χ0v) is 15.0. The zero-order chi connectivity index (χ0) is 17.8. The summed E-state index contributed by atoms with van der Waals surface area (Å²) in [6.45, 7) is 6.34. The van der Waals surface area contributed by atoms with Crippen molar-refractivity contribution in [3.05, 3.63) is 47.5 Å². The van der Waals surface area contributed by atoms with Gasteiger partial charge in [0, 0.05) is 26.7 Å². The quantitative estimate of drug-likeness (QED) is 0.891.